The standard InChI is InChI=1S/C16H30N4S/c1-5-9-17-11-15-13(4)18-16(21-15)20-10-8-14(12-20)19(6-2)7-3/h14,17H,5-12H2,1-4H3. The SMILES string of the molecule is CCCNCc1sc(N2CCC(N(CC)CC)C2)nc1C. The number of aromatic nitrogens is 1. The van der Waals surface area contributed by atoms with Crippen LogP contribution in [-0.4, -0.2) is 48.6 Å². The molecule has 0 radical (unpaired) electrons. The molecular weight excluding hydrogens is 280 g/mol. The second-order valence-corrected chi connectivity index (χ2v) is 6.85. The van der Waals surface area contributed by atoms with Crippen molar-refractivity contribution < 1.29 is 0 Å². The highest BCUT2D eigenvalue weighted by Gasteiger charge is 2.28. The topological polar surface area (TPSA) is 31.4 Å². The average molecular weight is 311 g/mol. The van der Waals surface area contributed by atoms with E-state index in [4.69, 9.17) is 4.98 Å². The molecule has 0 aliphatic carbocycles. The zero-order valence-electron chi connectivity index (χ0n) is 14.0. The fourth-order valence-electron chi connectivity index (χ4n) is 3.04. The molecule has 1 saturated heterocycles. The molecule has 2 rings (SSSR count). The molecule has 1 aliphatic heterocycles. The van der Waals surface area contributed by atoms with Gasteiger partial charge in [0.1, 0.15) is 0 Å². The van der Waals surface area contributed by atoms with Crippen LogP contribution in [0.1, 0.15) is 44.2 Å². The first kappa shape index (κ1) is 16.7. The molecule has 0 saturated carbocycles. The number of hydrogen-bond acceptors (Lipinski definition) is 5. The van der Waals surface area contributed by atoms with Crippen LogP contribution in [-0.2, 0) is 6.54 Å². The van der Waals surface area contributed by atoms with Crippen molar-refractivity contribution >= 4 is 16.5 Å². The first-order valence-corrected chi connectivity index (χ1v) is 9.17. The fraction of sp³-hybridized carbons (Fsp3) is 0.812. The number of rotatable bonds is 8. The number of aryl methyl sites for hydroxylation is 1. The Labute approximate surface area is 133 Å². The van der Waals surface area contributed by atoms with E-state index in [2.05, 4.69) is 42.8 Å². The zero-order valence-corrected chi connectivity index (χ0v) is 14.8. The third-order valence-corrected chi connectivity index (χ3v) is 5.57. The van der Waals surface area contributed by atoms with Gasteiger partial charge in [0.05, 0.1) is 5.69 Å². The quantitative estimate of drug-likeness (QED) is 0.748. The minimum absolute atomic E-state index is 0.700. The molecule has 0 spiro atoms. The van der Waals surface area contributed by atoms with Crippen molar-refractivity contribution in [1.29, 1.82) is 0 Å². The molecule has 4 nitrogen and oxygen atoms in total. The predicted octanol–water partition coefficient (Wildman–Crippen LogP) is 2.87. The normalized spacial score (nSPS) is 18.9. The van der Waals surface area contributed by atoms with Crippen LogP contribution in [0.3, 0.4) is 0 Å². The largest absolute Gasteiger partial charge is 0.346 e. The van der Waals surface area contributed by atoms with Gasteiger partial charge >= 0.3 is 0 Å². The van der Waals surface area contributed by atoms with Gasteiger partial charge < -0.3 is 10.2 Å². The zero-order chi connectivity index (χ0) is 15.2. The van der Waals surface area contributed by atoms with Gasteiger partial charge in [-0.05, 0) is 39.4 Å². The van der Waals surface area contributed by atoms with Gasteiger partial charge in [0.25, 0.3) is 0 Å². The first-order valence-electron chi connectivity index (χ1n) is 8.35. The molecule has 1 N–H and O–H groups in total. The van der Waals surface area contributed by atoms with Crippen molar-refractivity contribution in [3.8, 4) is 0 Å². The van der Waals surface area contributed by atoms with E-state index < -0.39 is 0 Å². The van der Waals surface area contributed by atoms with Crippen LogP contribution < -0.4 is 10.2 Å². The molecule has 0 bridgehead atoms. The third-order valence-electron chi connectivity index (χ3n) is 4.36. The Kier molecular flexibility index (Phi) is 6.45. The van der Waals surface area contributed by atoms with Gasteiger partial charge in [-0.3, -0.25) is 4.90 Å². The van der Waals surface area contributed by atoms with E-state index in [-0.39, 0.29) is 0 Å². The second-order valence-electron chi connectivity index (χ2n) is 5.79. The van der Waals surface area contributed by atoms with Crippen LogP contribution in [0.2, 0.25) is 0 Å². The predicted molar refractivity (Wildman–Crippen MR) is 92.4 cm³/mol. The number of likely N-dealkylation sites (N-methyl/N-ethyl adjacent to an activating group) is 1. The summed E-state index contributed by atoms with van der Waals surface area (Å²) in [6.45, 7) is 15.5. The first-order chi connectivity index (χ1) is 10.2. The summed E-state index contributed by atoms with van der Waals surface area (Å²) >= 11 is 1.87. The summed E-state index contributed by atoms with van der Waals surface area (Å²) in [6, 6.07) is 0.700. The summed E-state index contributed by atoms with van der Waals surface area (Å²) in [7, 11) is 0. The molecule has 1 unspecified atom stereocenters. The molecule has 0 aromatic carbocycles. The number of thiazole rings is 1. The van der Waals surface area contributed by atoms with Gasteiger partial charge in [-0.15, -0.1) is 11.3 Å². The molecule has 1 atom stereocenters. The highest BCUT2D eigenvalue weighted by Crippen LogP contribution is 2.29. The van der Waals surface area contributed by atoms with Gasteiger partial charge in [-0.1, -0.05) is 20.8 Å². The molecule has 1 fully saturated rings. The maximum atomic E-state index is 4.80. The number of hydrogen-bond donors (Lipinski definition) is 1. The Morgan fingerprint density at radius 2 is 2.10 bits per heavy atom. The lowest BCUT2D eigenvalue weighted by Gasteiger charge is -2.25. The molecule has 5 heteroatoms. The monoisotopic (exact) mass is 310 g/mol. The Morgan fingerprint density at radius 3 is 2.76 bits per heavy atom. The van der Waals surface area contributed by atoms with Gasteiger partial charge in [-0.25, -0.2) is 4.98 Å². The lowest BCUT2D eigenvalue weighted by atomic mass is 10.2. The molecule has 21 heavy (non-hydrogen) atoms. The van der Waals surface area contributed by atoms with E-state index in [1.807, 2.05) is 11.3 Å². The van der Waals surface area contributed by atoms with Crippen molar-refractivity contribution in [1.82, 2.24) is 15.2 Å². The van der Waals surface area contributed by atoms with E-state index >= 15 is 0 Å². The van der Waals surface area contributed by atoms with Gasteiger partial charge in [-0.2, -0.15) is 0 Å². The van der Waals surface area contributed by atoms with Crippen molar-refractivity contribution in [2.75, 3.05) is 37.6 Å². The molecule has 2 heterocycles. The smallest absolute Gasteiger partial charge is 0.185 e. The summed E-state index contributed by atoms with van der Waals surface area (Å²) in [5.74, 6) is 0. The summed E-state index contributed by atoms with van der Waals surface area (Å²) in [4.78, 5) is 11.2. The summed E-state index contributed by atoms with van der Waals surface area (Å²) in [6.07, 6.45) is 2.45. The molecule has 0 amide bonds. The highest BCUT2D eigenvalue weighted by molar-refractivity contribution is 7.15. The maximum absolute atomic E-state index is 4.80. The number of nitrogens with zero attached hydrogens (tertiary/aromatic N) is 3. The Morgan fingerprint density at radius 1 is 1.33 bits per heavy atom. The Hall–Kier alpha value is -0.650. The van der Waals surface area contributed by atoms with E-state index in [9.17, 15) is 0 Å². The van der Waals surface area contributed by atoms with Gasteiger partial charge in [0.2, 0.25) is 0 Å². The second kappa shape index (κ2) is 8.11. The Bertz CT molecular complexity index is 428. The number of nitrogens with one attached hydrogen (secondary N) is 1. The van der Waals surface area contributed by atoms with Crippen LogP contribution in [0.15, 0.2) is 0 Å². The van der Waals surface area contributed by atoms with Crippen molar-refractivity contribution in [3.05, 3.63) is 10.6 Å². The lowest BCUT2D eigenvalue weighted by Crippen LogP contribution is -2.37. The molecular formula is C16H30N4S. The minimum Gasteiger partial charge on any atom is -0.346 e. The van der Waals surface area contributed by atoms with Crippen LogP contribution in [0, 0.1) is 6.92 Å². The van der Waals surface area contributed by atoms with Crippen LogP contribution >= 0.6 is 11.3 Å². The molecule has 1 aromatic heterocycles. The maximum Gasteiger partial charge on any atom is 0.185 e. The third kappa shape index (κ3) is 4.18. The van der Waals surface area contributed by atoms with Crippen molar-refractivity contribution in [2.45, 2.75) is 53.1 Å². The van der Waals surface area contributed by atoms with E-state index in [0.717, 1.165) is 39.3 Å². The average Bonchev–Trinajstić information content (AvgIpc) is 3.08. The summed E-state index contributed by atoms with van der Waals surface area (Å²) in [5.41, 5.74) is 1.20. The fourth-order valence-corrected chi connectivity index (χ4v) is 4.11. The van der Waals surface area contributed by atoms with E-state index in [1.54, 1.807) is 0 Å². The lowest BCUT2D eigenvalue weighted by molar-refractivity contribution is 0.232. The van der Waals surface area contributed by atoms with E-state index in [0.29, 0.717) is 6.04 Å². The van der Waals surface area contributed by atoms with Gasteiger partial charge in [0, 0.05) is 30.6 Å². The van der Waals surface area contributed by atoms with Crippen molar-refractivity contribution in [3.63, 3.8) is 0 Å². The van der Waals surface area contributed by atoms with E-state index in [1.165, 1.54) is 28.5 Å². The highest BCUT2D eigenvalue weighted by atomic mass is 32.1. The molecule has 1 aromatic rings. The van der Waals surface area contributed by atoms with Crippen LogP contribution in [0.5, 0.6) is 0 Å². The minimum atomic E-state index is 0.700. The van der Waals surface area contributed by atoms with Crippen molar-refractivity contribution in [2.24, 2.45) is 0 Å². The number of anilines is 1. The van der Waals surface area contributed by atoms with Crippen LogP contribution in [0.4, 0.5) is 5.13 Å². The summed E-state index contributed by atoms with van der Waals surface area (Å²) in [5, 5.41) is 4.70. The Balaban J connectivity index is 1.95. The van der Waals surface area contributed by atoms with Crippen LogP contribution in [0.25, 0.3) is 0 Å². The molecule has 1 aliphatic rings. The van der Waals surface area contributed by atoms with Gasteiger partial charge in [0.15, 0.2) is 5.13 Å². The summed E-state index contributed by atoms with van der Waals surface area (Å²) < 4.78 is 0. The molecule has 120 valence electrons.